The Morgan fingerprint density at radius 1 is 1.37 bits per heavy atom. The summed E-state index contributed by atoms with van der Waals surface area (Å²) in [7, 11) is -2.59. The lowest BCUT2D eigenvalue weighted by molar-refractivity contribution is 0.0518. The summed E-state index contributed by atoms with van der Waals surface area (Å²) in [5.74, 6) is -1.02. The fourth-order valence-electron chi connectivity index (χ4n) is 4.07. The van der Waals surface area contributed by atoms with Crippen molar-refractivity contribution in [3.8, 4) is 0 Å². The van der Waals surface area contributed by atoms with E-state index in [2.05, 4.69) is 10.2 Å². The molecule has 2 aliphatic rings. The molecule has 2 aromatic heterocycles. The van der Waals surface area contributed by atoms with Crippen LogP contribution in [0.2, 0.25) is 0 Å². The molecule has 0 unspecified atom stereocenters. The van der Waals surface area contributed by atoms with Gasteiger partial charge in [0.05, 0.1) is 24.5 Å². The molecule has 2 aromatic rings. The van der Waals surface area contributed by atoms with Crippen LogP contribution in [0.1, 0.15) is 48.3 Å². The average Bonchev–Trinajstić information content (AvgIpc) is 3.33. The number of rotatable bonds is 6. The van der Waals surface area contributed by atoms with Crippen molar-refractivity contribution in [1.29, 1.82) is 0 Å². The number of fused-ring (bicyclic) bond motifs is 1. The van der Waals surface area contributed by atoms with Gasteiger partial charge in [0.2, 0.25) is 0 Å². The van der Waals surface area contributed by atoms with Crippen molar-refractivity contribution >= 4 is 21.8 Å². The molecule has 30 heavy (non-hydrogen) atoms. The summed E-state index contributed by atoms with van der Waals surface area (Å²) in [6, 6.07) is -2.03. The van der Waals surface area contributed by atoms with Crippen molar-refractivity contribution in [1.82, 2.24) is 19.6 Å². The van der Waals surface area contributed by atoms with Gasteiger partial charge in [-0.2, -0.15) is 10.2 Å². The third kappa shape index (κ3) is 3.26. The van der Waals surface area contributed by atoms with Gasteiger partial charge in [-0.15, -0.1) is 0 Å². The minimum Gasteiger partial charge on any atom is -0.462 e. The quantitative estimate of drug-likeness (QED) is 0.635. The number of carbonyl (C=O) groups excluding carboxylic acids is 1. The van der Waals surface area contributed by atoms with Crippen molar-refractivity contribution in [3.63, 3.8) is 0 Å². The first kappa shape index (κ1) is 20.8. The van der Waals surface area contributed by atoms with Gasteiger partial charge in [0.25, 0.3) is 16.4 Å². The molecule has 3 heterocycles. The van der Waals surface area contributed by atoms with Gasteiger partial charge in [-0.05, 0) is 39.0 Å². The molecular weight excluding hydrogens is 420 g/mol. The first-order valence-corrected chi connectivity index (χ1v) is 11.2. The van der Waals surface area contributed by atoms with Gasteiger partial charge in [-0.25, -0.2) is 31.0 Å². The maximum absolute atomic E-state index is 13.9. The van der Waals surface area contributed by atoms with Crippen molar-refractivity contribution in [2.45, 2.75) is 56.5 Å². The lowest BCUT2D eigenvalue weighted by atomic mass is 10.00. The number of nitrogens with zero attached hydrogens (tertiary/aromatic N) is 5. The average molecular weight is 443 g/mol. The molecule has 4 rings (SSSR count). The number of alkyl halides is 2. The second kappa shape index (κ2) is 7.33. The molecular formula is C18H23F2N5O4S. The third-order valence-electron chi connectivity index (χ3n) is 5.53. The molecule has 1 fully saturated rings. The highest BCUT2D eigenvalue weighted by atomic mass is 32.2. The van der Waals surface area contributed by atoms with Gasteiger partial charge < -0.3 is 4.74 Å². The van der Waals surface area contributed by atoms with Gasteiger partial charge in [0.15, 0.2) is 5.82 Å². The molecule has 2 atom stereocenters. The SMILES string of the molecule is CCOC(=O)c1cnn2c1N(S(=O)(=O)c1cn(C)nc1C)[C@@H](C1CC1)C[C@@H]2C(F)F. The maximum Gasteiger partial charge on any atom is 0.343 e. The van der Waals surface area contributed by atoms with Crippen molar-refractivity contribution in [2.24, 2.45) is 13.0 Å². The molecule has 0 N–H and O–H groups in total. The first-order valence-electron chi connectivity index (χ1n) is 9.74. The van der Waals surface area contributed by atoms with Gasteiger partial charge in [-0.3, -0.25) is 4.68 Å². The molecule has 0 amide bonds. The number of hydrogen-bond donors (Lipinski definition) is 0. The van der Waals surface area contributed by atoms with Crippen LogP contribution in [0.15, 0.2) is 17.3 Å². The van der Waals surface area contributed by atoms with Crippen LogP contribution in [0.5, 0.6) is 0 Å². The Kier molecular flexibility index (Phi) is 5.07. The number of aromatic nitrogens is 4. The van der Waals surface area contributed by atoms with E-state index in [0.29, 0.717) is 0 Å². The van der Waals surface area contributed by atoms with Crippen LogP contribution >= 0.6 is 0 Å². The molecule has 0 radical (unpaired) electrons. The zero-order chi connectivity index (χ0) is 21.8. The van der Waals surface area contributed by atoms with E-state index in [1.165, 1.54) is 10.9 Å². The van der Waals surface area contributed by atoms with Crippen LogP contribution in [-0.2, 0) is 21.8 Å². The fraction of sp³-hybridized carbons (Fsp3) is 0.611. The highest BCUT2D eigenvalue weighted by Crippen LogP contribution is 2.48. The number of anilines is 1. The van der Waals surface area contributed by atoms with Gasteiger partial charge in [-0.1, -0.05) is 0 Å². The minimum absolute atomic E-state index is 0.0336. The summed E-state index contributed by atoms with van der Waals surface area (Å²) < 4.78 is 63.7. The van der Waals surface area contributed by atoms with E-state index in [1.807, 2.05) is 0 Å². The largest absolute Gasteiger partial charge is 0.462 e. The normalized spacial score (nSPS) is 21.7. The molecule has 0 aromatic carbocycles. The number of sulfonamides is 1. The summed E-state index contributed by atoms with van der Waals surface area (Å²) >= 11 is 0. The van der Waals surface area contributed by atoms with E-state index in [9.17, 15) is 22.0 Å². The van der Waals surface area contributed by atoms with E-state index in [4.69, 9.17) is 4.74 Å². The Morgan fingerprint density at radius 3 is 2.60 bits per heavy atom. The molecule has 0 spiro atoms. The predicted octanol–water partition coefficient (Wildman–Crippen LogP) is 2.29. The van der Waals surface area contributed by atoms with Gasteiger partial charge >= 0.3 is 5.97 Å². The van der Waals surface area contributed by atoms with Crippen molar-refractivity contribution < 1.29 is 26.7 Å². The van der Waals surface area contributed by atoms with Crippen LogP contribution in [0, 0.1) is 12.8 Å². The predicted molar refractivity (Wildman–Crippen MR) is 102 cm³/mol. The number of aryl methyl sites for hydroxylation is 2. The van der Waals surface area contributed by atoms with E-state index in [0.717, 1.165) is 28.0 Å². The Morgan fingerprint density at radius 2 is 2.07 bits per heavy atom. The summed E-state index contributed by atoms with van der Waals surface area (Å²) in [4.78, 5) is 12.5. The highest BCUT2D eigenvalue weighted by Gasteiger charge is 2.51. The van der Waals surface area contributed by atoms with Crippen molar-refractivity contribution in [2.75, 3.05) is 10.9 Å². The molecule has 9 nitrogen and oxygen atoms in total. The molecule has 164 valence electrons. The smallest absolute Gasteiger partial charge is 0.343 e. The Bertz CT molecular complexity index is 1080. The van der Waals surface area contributed by atoms with E-state index >= 15 is 0 Å². The summed E-state index contributed by atoms with van der Waals surface area (Å²) in [5, 5.41) is 8.08. The second-order valence-electron chi connectivity index (χ2n) is 7.64. The lowest BCUT2D eigenvalue weighted by Crippen LogP contribution is -2.49. The summed E-state index contributed by atoms with van der Waals surface area (Å²) in [6.07, 6.45) is 1.11. The summed E-state index contributed by atoms with van der Waals surface area (Å²) in [6.45, 7) is 3.23. The number of carbonyl (C=O) groups is 1. The number of halogens is 2. The zero-order valence-corrected chi connectivity index (χ0v) is 17.6. The fourth-order valence-corrected chi connectivity index (χ4v) is 6.01. The van der Waals surface area contributed by atoms with Crippen LogP contribution < -0.4 is 4.31 Å². The third-order valence-corrected chi connectivity index (χ3v) is 7.45. The van der Waals surface area contributed by atoms with Crippen LogP contribution in [-0.4, -0.2) is 53.0 Å². The minimum atomic E-state index is -4.19. The molecule has 1 saturated carbocycles. The van der Waals surface area contributed by atoms with Crippen LogP contribution in [0.4, 0.5) is 14.6 Å². The van der Waals surface area contributed by atoms with Crippen molar-refractivity contribution in [3.05, 3.63) is 23.7 Å². The number of hydrogen-bond acceptors (Lipinski definition) is 6. The van der Waals surface area contributed by atoms with E-state index < -0.39 is 34.5 Å². The molecule has 1 aliphatic heterocycles. The Hall–Kier alpha value is -2.50. The van der Waals surface area contributed by atoms with Gasteiger partial charge in [0.1, 0.15) is 16.5 Å². The second-order valence-corrected chi connectivity index (χ2v) is 9.43. The number of esters is 1. The lowest BCUT2D eigenvalue weighted by Gasteiger charge is -2.40. The van der Waals surface area contributed by atoms with Gasteiger partial charge in [0, 0.05) is 13.2 Å². The summed E-state index contributed by atoms with van der Waals surface area (Å²) in [5.41, 5.74) is 0.143. The molecule has 1 aliphatic carbocycles. The molecule has 0 saturated heterocycles. The molecule has 0 bridgehead atoms. The van der Waals surface area contributed by atoms with Crippen LogP contribution in [0.25, 0.3) is 0 Å². The first-order chi connectivity index (χ1) is 14.2. The monoisotopic (exact) mass is 443 g/mol. The van der Waals surface area contributed by atoms with Crippen LogP contribution in [0.3, 0.4) is 0 Å². The van der Waals surface area contributed by atoms with E-state index in [1.54, 1.807) is 20.9 Å². The topological polar surface area (TPSA) is 99.3 Å². The highest BCUT2D eigenvalue weighted by molar-refractivity contribution is 7.93. The molecule has 12 heteroatoms. The van der Waals surface area contributed by atoms with E-state index in [-0.39, 0.29) is 40.9 Å². The maximum atomic E-state index is 13.9. The number of ether oxygens (including phenoxy) is 1. The Balaban J connectivity index is 1.94. The zero-order valence-electron chi connectivity index (χ0n) is 16.8. The standard InChI is InChI=1S/C18H23F2N5O4S/c1-4-29-18(26)12-8-21-24-14(16(19)20)7-13(11-5-6-11)25(17(12)24)30(27,28)15-9-23(3)22-10(15)2/h8-9,11,13-14,16H,4-7H2,1-3H3/t13-,14-/m1/s1. The Labute approximate surface area is 172 Å².